The molecule has 22 heavy (non-hydrogen) atoms. The van der Waals surface area contributed by atoms with Gasteiger partial charge in [-0.1, -0.05) is 34.1 Å². The Balaban J connectivity index is 1.81. The van der Waals surface area contributed by atoms with Crippen molar-refractivity contribution in [2.45, 2.75) is 31.9 Å². The molecule has 1 aliphatic heterocycles. The maximum atomic E-state index is 12.2. The lowest BCUT2D eigenvalue weighted by Gasteiger charge is -2.23. The van der Waals surface area contributed by atoms with Crippen LogP contribution in [0.4, 0.5) is 5.82 Å². The van der Waals surface area contributed by atoms with Crippen molar-refractivity contribution in [3.8, 4) is 0 Å². The molecule has 2 unspecified atom stereocenters. The number of hydrogen-bond donors (Lipinski definition) is 1. The van der Waals surface area contributed by atoms with Crippen LogP contribution in [0.1, 0.15) is 24.5 Å². The maximum Gasteiger partial charge on any atom is 0.329 e. The Bertz CT molecular complexity index is 702. The van der Waals surface area contributed by atoms with Crippen molar-refractivity contribution >= 4 is 27.7 Å². The van der Waals surface area contributed by atoms with Gasteiger partial charge in [0.15, 0.2) is 0 Å². The highest BCUT2D eigenvalue weighted by atomic mass is 79.9. The second-order valence-electron chi connectivity index (χ2n) is 5.73. The zero-order valence-electron chi connectivity index (χ0n) is 12.5. The maximum absolute atomic E-state index is 12.2. The Kier molecular flexibility index (Phi) is 3.91. The summed E-state index contributed by atoms with van der Waals surface area (Å²) in [5, 5.41) is 3.20. The van der Waals surface area contributed by atoms with Gasteiger partial charge < -0.3 is 10.1 Å². The van der Waals surface area contributed by atoms with Gasteiger partial charge in [0, 0.05) is 17.1 Å². The zero-order valence-corrected chi connectivity index (χ0v) is 14.1. The quantitative estimate of drug-likeness (QED) is 0.845. The number of cyclic esters (lactones) is 1. The molecule has 1 aromatic heterocycles. The van der Waals surface area contributed by atoms with Gasteiger partial charge >= 0.3 is 5.97 Å². The molecule has 0 radical (unpaired) electrons. The smallest absolute Gasteiger partial charge is 0.329 e. The third-order valence-corrected chi connectivity index (χ3v) is 4.51. The lowest BCUT2D eigenvalue weighted by molar-refractivity contribution is -0.148. The van der Waals surface area contributed by atoms with Gasteiger partial charge in [-0.05, 0) is 43.2 Å². The molecule has 1 N–H and O–H groups in total. The molecule has 0 spiro atoms. The summed E-state index contributed by atoms with van der Waals surface area (Å²) < 4.78 is 6.66. The first kappa shape index (κ1) is 15.0. The van der Waals surface area contributed by atoms with Gasteiger partial charge in [-0.15, -0.1) is 0 Å². The van der Waals surface area contributed by atoms with Crippen LogP contribution in [0, 0.1) is 6.92 Å². The number of hydrogen-bond acceptors (Lipinski definition) is 4. The van der Waals surface area contributed by atoms with Crippen molar-refractivity contribution in [1.82, 2.24) is 4.98 Å². The summed E-state index contributed by atoms with van der Waals surface area (Å²) in [6, 6.07) is 11.3. The monoisotopic (exact) mass is 360 g/mol. The second-order valence-corrected chi connectivity index (χ2v) is 6.64. The molecule has 2 heterocycles. The van der Waals surface area contributed by atoms with E-state index in [1.165, 1.54) is 0 Å². The number of halogens is 1. The first-order valence-corrected chi connectivity index (χ1v) is 7.94. The summed E-state index contributed by atoms with van der Waals surface area (Å²) in [5.74, 6) is 0.486. The molecule has 114 valence electrons. The van der Waals surface area contributed by atoms with E-state index >= 15 is 0 Å². The number of ether oxygens (including phenoxy) is 1. The fraction of sp³-hybridized carbons (Fsp3) is 0.294. The highest BCUT2D eigenvalue weighted by Crippen LogP contribution is 2.38. The van der Waals surface area contributed by atoms with Gasteiger partial charge in [0.05, 0.1) is 0 Å². The molecule has 3 rings (SSSR count). The Hall–Kier alpha value is -1.88. The Labute approximate surface area is 138 Å². The molecular weight excluding hydrogens is 344 g/mol. The molecule has 4 nitrogen and oxygen atoms in total. The van der Waals surface area contributed by atoms with E-state index < -0.39 is 5.60 Å². The number of rotatable bonds is 3. The van der Waals surface area contributed by atoms with E-state index in [0.29, 0.717) is 6.42 Å². The molecular formula is C17H17BrN2O2. The standard InChI is InChI=1S/C17H17BrN2O2/c1-11-4-3-9-19-15(11)20-14-10-17(2,22-16(14)21)12-5-7-13(18)8-6-12/h3-9,14H,10H2,1-2H3,(H,19,20). The molecule has 0 amide bonds. The fourth-order valence-electron chi connectivity index (χ4n) is 2.70. The topological polar surface area (TPSA) is 51.2 Å². The van der Waals surface area contributed by atoms with Crippen LogP contribution in [0.15, 0.2) is 47.1 Å². The summed E-state index contributed by atoms with van der Waals surface area (Å²) in [6.45, 7) is 3.91. The molecule has 1 aromatic carbocycles. The first-order chi connectivity index (χ1) is 10.5. The average Bonchev–Trinajstić information content (AvgIpc) is 2.78. The summed E-state index contributed by atoms with van der Waals surface area (Å²) in [5.41, 5.74) is 1.39. The normalized spacial score (nSPS) is 24.1. The minimum absolute atomic E-state index is 0.240. The number of pyridine rings is 1. The largest absolute Gasteiger partial charge is 0.453 e. The fourth-order valence-corrected chi connectivity index (χ4v) is 2.96. The summed E-state index contributed by atoms with van der Waals surface area (Å²) in [7, 11) is 0. The lowest BCUT2D eigenvalue weighted by atomic mass is 9.91. The van der Waals surface area contributed by atoms with Crippen LogP contribution in [-0.2, 0) is 15.1 Å². The van der Waals surface area contributed by atoms with E-state index in [-0.39, 0.29) is 12.0 Å². The van der Waals surface area contributed by atoms with Crippen molar-refractivity contribution < 1.29 is 9.53 Å². The van der Waals surface area contributed by atoms with Crippen molar-refractivity contribution in [1.29, 1.82) is 0 Å². The molecule has 0 saturated carbocycles. The van der Waals surface area contributed by atoms with Crippen LogP contribution in [0.3, 0.4) is 0 Å². The minimum atomic E-state index is -0.613. The molecule has 2 aromatic rings. The van der Waals surface area contributed by atoms with Gasteiger partial charge in [0.1, 0.15) is 17.5 Å². The van der Waals surface area contributed by atoms with E-state index in [0.717, 1.165) is 21.4 Å². The van der Waals surface area contributed by atoms with Crippen LogP contribution in [0.5, 0.6) is 0 Å². The molecule has 1 saturated heterocycles. The van der Waals surface area contributed by atoms with Crippen LogP contribution >= 0.6 is 15.9 Å². The molecule has 0 bridgehead atoms. The predicted octanol–water partition coefficient (Wildman–Crippen LogP) is 3.80. The number of aromatic nitrogens is 1. The van der Waals surface area contributed by atoms with Crippen molar-refractivity contribution in [2.24, 2.45) is 0 Å². The highest BCUT2D eigenvalue weighted by molar-refractivity contribution is 9.10. The Morgan fingerprint density at radius 2 is 2.05 bits per heavy atom. The van der Waals surface area contributed by atoms with Crippen LogP contribution < -0.4 is 5.32 Å². The van der Waals surface area contributed by atoms with Crippen molar-refractivity contribution in [2.75, 3.05) is 5.32 Å². The van der Waals surface area contributed by atoms with E-state index in [9.17, 15) is 4.79 Å². The van der Waals surface area contributed by atoms with Gasteiger partial charge in [0.2, 0.25) is 0 Å². The SMILES string of the molecule is Cc1cccnc1NC1CC(C)(c2ccc(Br)cc2)OC1=O. The lowest BCUT2D eigenvalue weighted by Crippen LogP contribution is -2.26. The van der Waals surface area contributed by atoms with E-state index in [2.05, 4.69) is 26.2 Å². The first-order valence-electron chi connectivity index (χ1n) is 7.15. The Morgan fingerprint density at radius 1 is 1.32 bits per heavy atom. The molecule has 5 heteroatoms. The number of benzene rings is 1. The van der Waals surface area contributed by atoms with Crippen LogP contribution in [0.25, 0.3) is 0 Å². The number of esters is 1. The number of aryl methyl sites for hydroxylation is 1. The Morgan fingerprint density at radius 3 is 2.73 bits per heavy atom. The second kappa shape index (κ2) is 5.72. The number of carbonyl (C=O) groups excluding carboxylic acids is 1. The predicted molar refractivity (Wildman–Crippen MR) is 88.6 cm³/mol. The third-order valence-electron chi connectivity index (χ3n) is 3.98. The average molecular weight is 361 g/mol. The van der Waals surface area contributed by atoms with Crippen molar-refractivity contribution in [3.05, 3.63) is 58.2 Å². The number of anilines is 1. The zero-order chi connectivity index (χ0) is 15.7. The van der Waals surface area contributed by atoms with Gasteiger partial charge in [-0.25, -0.2) is 9.78 Å². The van der Waals surface area contributed by atoms with Crippen LogP contribution in [0.2, 0.25) is 0 Å². The van der Waals surface area contributed by atoms with E-state index in [4.69, 9.17) is 4.74 Å². The number of nitrogens with one attached hydrogen (secondary N) is 1. The third kappa shape index (κ3) is 2.86. The molecule has 1 aliphatic rings. The van der Waals surface area contributed by atoms with Crippen LogP contribution in [-0.4, -0.2) is 17.0 Å². The van der Waals surface area contributed by atoms with E-state index in [1.54, 1.807) is 6.20 Å². The molecule has 0 aliphatic carbocycles. The van der Waals surface area contributed by atoms with Gasteiger partial charge in [-0.2, -0.15) is 0 Å². The summed E-state index contributed by atoms with van der Waals surface area (Å²) in [4.78, 5) is 16.5. The number of nitrogens with zero attached hydrogens (tertiary/aromatic N) is 1. The summed E-state index contributed by atoms with van der Waals surface area (Å²) in [6.07, 6.45) is 2.28. The number of carbonyl (C=O) groups is 1. The molecule has 2 atom stereocenters. The van der Waals surface area contributed by atoms with E-state index in [1.807, 2.05) is 50.2 Å². The summed E-state index contributed by atoms with van der Waals surface area (Å²) >= 11 is 3.42. The molecule has 1 fully saturated rings. The minimum Gasteiger partial charge on any atom is -0.453 e. The highest BCUT2D eigenvalue weighted by Gasteiger charge is 2.44. The van der Waals surface area contributed by atoms with Crippen molar-refractivity contribution in [3.63, 3.8) is 0 Å². The van der Waals surface area contributed by atoms with Gasteiger partial charge in [-0.3, -0.25) is 0 Å². The van der Waals surface area contributed by atoms with Gasteiger partial charge in [0.25, 0.3) is 0 Å².